The van der Waals surface area contributed by atoms with Crippen molar-refractivity contribution in [1.29, 1.82) is 0 Å². The van der Waals surface area contributed by atoms with Crippen LogP contribution in [0.15, 0.2) is 0 Å². The van der Waals surface area contributed by atoms with E-state index in [9.17, 15) is 46.4 Å². The molecule has 12 nitrogen and oxygen atoms in total. The number of aliphatic hydroxyl groups excluding tert-OH is 4. The molecule has 12 unspecified atom stereocenters. The maximum Gasteiger partial charge on any atom is 1.00 e. The van der Waals surface area contributed by atoms with Crippen LogP contribution in [0.2, 0.25) is 0 Å². The molecule has 8 rings (SSSR count). The van der Waals surface area contributed by atoms with Crippen LogP contribution in [0.4, 0.5) is 0 Å². The molecule has 0 aromatic carbocycles. The van der Waals surface area contributed by atoms with Gasteiger partial charge in [0.2, 0.25) is 20.8 Å². The van der Waals surface area contributed by atoms with Crippen LogP contribution in [-0.4, -0.2) is 84.0 Å². The van der Waals surface area contributed by atoms with Gasteiger partial charge < -0.3 is 29.5 Å². The van der Waals surface area contributed by atoms with Crippen molar-refractivity contribution in [3.05, 3.63) is 0 Å². The summed E-state index contributed by atoms with van der Waals surface area (Å²) in [5.41, 5.74) is 0.664. The van der Waals surface area contributed by atoms with E-state index < -0.39 is 20.8 Å². The van der Waals surface area contributed by atoms with Gasteiger partial charge >= 0.3 is 29.6 Å². The predicted molar refractivity (Wildman–Crippen MR) is 242 cm³/mol. The summed E-state index contributed by atoms with van der Waals surface area (Å²) in [6.45, 7) is 18.3. The third-order valence-corrected chi connectivity index (χ3v) is 22.8. The average Bonchev–Trinajstić information content (AvgIpc) is 3.75. The first-order chi connectivity index (χ1) is 29.8. The fraction of sp³-hybridized carbons (Fsp3) is 1.00. The maximum atomic E-state index is 11.7. The molecule has 0 heterocycles. The topological polar surface area (TPSA) is 214 Å². The Labute approximate surface area is 415 Å². The SMILES string of the molecule is CC[C@@H]1C2C[C@H](O)CC[C@]2(C)C2CC[C@]3(C)C(C(C)CCOS(=O)(=O)[O-])CCC3C2[C@@H]1O.CC[C@@H]1C2C[C@H](O)CC[C@]2(C)C2CC[C@]3(C)C(C(C)CCOS(=O)(=O)[O-])CCC3C2[C@@H]1O.[Na+]. The normalized spacial score (nSPS) is 49.0. The van der Waals surface area contributed by atoms with Crippen molar-refractivity contribution in [2.24, 2.45) is 105 Å². The molecule has 0 radical (unpaired) electrons. The number of aliphatic hydroxyl groups is 4. The molecule has 0 aliphatic heterocycles. The summed E-state index contributed by atoms with van der Waals surface area (Å²) in [6, 6.07) is 0. The second-order valence-corrected chi connectivity index (χ2v) is 26.3. The van der Waals surface area contributed by atoms with Gasteiger partial charge in [-0.25, -0.2) is 16.8 Å². The van der Waals surface area contributed by atoms with E-state index in [0.29, 0.717) is 72.0 Å². The van der Waals surface area contributed by atoms with E-state index in [1.54, 1.807) is 0 Å². The van der Waals surface area contributed by atoms with E-state index in [1.807, 2.05) is 0 Å². The van der Waals surface area contributed by atoms with E-state index in [0.717, 1.165) is 103 Å². The van der Waals surface area contributed by atoms with E-state index >= 15 is 0 Å². The summed E-state index contributed by atoms with van der Waals surface area (Å²) in [5.74, 6) is 5.38. The smallest absolute Gasteiger partial charge is 0.726 e. The van der Waals surface area contributed by atoms with Crippen LogP contribution >= 0.6 is 0 Å². The minimum atomic E-state index is -4.64. The zero-order valence-corrected chi connectivity index (χ0v) is 45.0. The zero-order chi connectivity index (χ0) is 46.9. The molecule has 8 fully saturated rings. The fourth-order valence-corrected chi connectivity index (χ4v) is 19.5. The van der Waals surface area contributed by atoms with Crippen LogP contribution in [0.1, 0.15) is 171 Å². The third-order valence-electron chi connectivity index (χ3n) is 21.9. The molecule has 0 saturated heterocycles. The number of fused-ring (bicyclic) bond motifs is 10. The van der Waals surface area contributed by atoms with E-state index in [1.165, 1.54) is 0 Å². The van der Waals surface area contributed by atoms with Crippen molar-refractivity contribution in [2.75, 3.05) is 13.2 Å². The van der Waals surface area contributed by atoms with Crippen molar-refractivity contribution >= 4 is 20.8 Å². The first kappa shape index (κ1) is 54.9. The molecule has 8 saturated carbocycles. The predicted octanol–water partition coefficient (Wildman–Crippen LogP) is 5.24. The maximum absolute atomic E-state index is 11.7. The molecule has 8 aliphatic carbocycles. The van der Waals surface area contributed by atoms with Crippen LogP contribution in [0, 0.1) is 105 Å². The third kappa shape index (κ3) is 10.3. The summed E-state index contributed by atoms with van der Waals surface area (Å²) in [5, 5.41) is 44.3. The number of hydrogen-bond acceptors (Lipinski definition) is 12. The van der Waals surface area contributed by atoms with Gasteiger partial charge in [-0.15, -0.1) is 0 Å². The van der Waals surface area contributed by atoms with Crippen LogP contribution in [0.3, 0.4) is 0 Å². The number of rotatable bonds is 12. The standard InChI is InChI=1S/2C25H44O6S.Na/c2*1-5-17-21-14-16(26)8-11-25(21,4)20-9-12-24(3)18(6-7-19(24)22(20)23(17)27)15(2)10-13-31-32(28,29)30;/h2*15-23,26-27H,5-14H2,1-4H3,(H,28,29,30);/q;;+1/p-2/t2*15?,16-,17-,18?,19?,20?,21?,22?,23-,24-,25-;/m11./s1. The molecule has 22 atom stereocenters. The first-order valence-corrected chi connectivity index (χ1v) is 28.4. The van der Waals surface area contributed by atoms with E-state index in [4.69, 9.17) is 0 Å². The Morgan fingerprint density at radius 2 is 0.846 bits per heavy atom. The van der Waals surface area contributed by atoms with Gasteiger partial charge in [0.25, 0.3) is 0 Å². The van der Waals surface area contributed by atoms with Crippen LogP contribution in [0.5, 0.6) is 0 Å². The Hall–Kier alpha value is 0.580. The Morgan fingerprint density at radius 1 is 0.523 bits per heavy atom. The van der Waals surface area contributed by atoms with Gasteiger partial charge in [0.1, 0.15) is 0 Å². The summed E-state index contributed by atoms with van der Waals surface area (Å²) in [7, 11) is -9.27. The van der Waals surface area contributed by atoms with Gasteiger partial charge in [-0.05, 0) is 207 Å². The molecule has 0 aromatic heterocycles. The van der Waals surface area contributed by atoms with Crippen molar-refractivity contribution < 1.29 is 84.3 Å². The van der Waals surface area contributed by atoms with Crippen molar-refractivity contribution in [3.63, 3.8) is 0 Å². The van der Waals surface area contributed by atoms with Crippen LogP contribution in [0.25, 0.3) is 0 Å². The second-order valence-electron chi connectivity index (χ2n) is 24.2. The van der Waals surface area contributed by atoms with Crippen molar-refractivity contribution in [3.8, 4) is 0 Å². The average molecular weight is 966 g/mol. The van der Waals surface area contributed by atoms with Gasteiger partial charge in [0.15, 0.2) is 0 Å². The zero-order valence-electron chi connectivity index (χ0n) is 41.4. The summed E-state index contributed by atoms with van der Waals surface area (Å²) in [4.78, 5) is 0. The van der Waals surface area contributed by atoms with Gasteiger partial charge in [-0.1, -0.05) is 68.2 Å². The molecule has 0 aromatic rings. The van der Waals surface area contributed by atoms with Gasteiger partial charge in [0.05, 0.1) is 37.6 Å². The van der Waals surface area contributed by atoms with E-state index in [-0.39, 0.29) is 113 Å². The quantitative estimate of drug-likeness (QED) is 0.112. The first-order valence-electron chi connectivity index (χ1n) is 25.8. The second kappa shape index (κ2) is 20.6. The molecular formula is C50H86NaO12S2-. The minimum absolute atomic E-state index is 0. The fourth-order valence-electron chi connectivity index (χ4n) is 18.9. The van der Waals surface area contributed by atoms with Gasteiger partial charge in [-0.3, -0.25) is 8.37 Å². The summed E-state index contributed by atoms with van der Waals surface area (Å²) >= 11 is 0. The van der Waals surface area contributed by atoms with E-state index in [2.05, 4.69) is 63.8 Å². The number of hydrogen-bond donors (Lipinski definition) is 4. The Morgan fingerprint density at radius 3 is 1.17 bits per heavy atom. The summed E-state index contributed by atoms with van der Waals surface area (Å²) < 4.78 is 73.9. The minimum Gasteiger partial charge on any atom is -0.726 e. The van der Waals surface area contributed by atoms with Crippen molar-refractivity contribution in [2.45, 2.75) is 195 Å². The van der Waals surface area contributed by atoms with Gasteiger partial charge in [0, 0.05) is 0 Å². The molecule has 372 valence electrons. The summed E-state index contributed by atoms with van der Waals surface area (Å²) in [6.07, 6.45) is 16.5. The van der Waals surface area contributed by atoms with Crippen LogP contribution in [-0.2, 0) is 29.2 Å². The Balaban J connectivity index is 0.000000212. The molecule has 0 amide bonds. The largest absolute Gasteiger partial charge is 1.00 e. The molecule has 0 bridgehead atoms. The van der Waals surface area contributed by atoms with Crippen LogP contribution < -0.4 is 29.6 Å². The Bertz CT molecular complexity index is 1710. The molecule has 8 aliphatic rings. The molecule has 65 heavy (non-hydrogen) atoms. The Kier molecular flexibility index (Phi) is 17.4. The molecule has 15 heteroatoms. The molecule has 4 N–H and O–H groups in total. The molecular weight excluding hydrogens is 880 g/mol. The molecule has 0 spiro atoms. The monoisotopic (exact) mass is 966 g/mol. The van der Waals surface area contributed by atoms with Gasteiger partial charge in [-0.2, -0.15) is 0 Å². The van der Waals surface area contributed by atoms with Crippen molar-refractivity contribution in [1.82, 2.24) is 0 Å².